The van der Waals surface area contributed by atoms with Crippen LogP contribution in [-0.4, -0.2) is 36.4 Å². The van der Waals surface area contributed by atoms with E-state index < -0.39 is 4.92 Å². The van der Waals surface area contributed by atoms with E-state index in [4.69, 9.17) is 4.74 Å². The molecule has 3 rings (SSSR count). The first-order chi connectivity index (χ1) is 11.5. The van der Waals surface area contributed by atoms with Gasteiger partial charge >= 0.3 is 5.82 Å². The Labute approximate surface area is 137 Å². The molecule has 10 nitrogen and oxygen atoms in total. The maximum absolute atomic E-state index is 11.0. The summed E-state index contributed by atoms with van der Waals surface area (Å²) in [7, 11) is 3.42. The highest BCUT2D eigenvalue weighted by atomic mass is 16.6. The average Bonchev–Trinajstić information content (AvgIpc) is 3.12. The van der Waals surface area contributed by atoms with Crippen molar-refractivity contribution >= 4 is 17.3 Å². The summed E-state index contributed by atoms with van der Waals surface area (Å²) in [4.78, 5) is 14.4. The molecule has 126 valence electrons. The molecule has 3 heterocycles. The highest BCUT2D eigenvalue weighted by Gasteiger charge is 2.18. The van der Waals surface area contributed by atoms with Crippen molar-refractivity contribution in [2.24, 2.45) is 7.05 Å². The third-order valence-corrected chi connectivity index (χ3v) is 3.68. The third kappa shape index (κ3) is 2.62. The molecule has 0 aliphatic heterocycles. The van der Waals surface area contributed by atoms with Gasteiger partial charge in [0.1, 0.15) is 6.20 Å². The van der Waals surface area contributed by atoms with Crippen molar-refractivity contribution in [1.82, 2.24) is 24.4 Å². The van der Waals surface area contributed by atoms with Gasteiger partial charge in [-0.15, -0.1) is 0 Å². The van der Waals surface area contributed by atoms with Gasteiger partial charge in [0, 0.05) is 19.7 Å². The minimum Gasteiger partial charge on any atom is -0.481 e. The summed E-state index contributed by atoms with van der Waals surface area (Å²) in [5.41, 5.74) is 2.28. The van der Waals surface area contributed by atoms with Crippen LogP contribution < -0.4 is 10.1 Å². The van der Waals surface area contributed by atoms with Crippen LogP contribution in [0.3, 0.4) is 0 Å². The number of anilines is 1. The topological polar surface area (TPSA) is 112 Å². The molecule has 0 bridgehead atoms. The molecule has 0 spiro atoms. The molecule has 0 unspecified atom stereocenters. The van der Waals surface area contributed by atoms with Gasteiger partial charge in [-0.25, -0.2) is 9.67 Å². The van der Waals surface area contributed by atoms with Gasteiger partial charge in [0.15, 0.2) is 5.82 Å². The Morgan fingerprint density at radius 1 is 1.38 bits per heavy atom. The van der Waals surface area contributed by atoms with Gasteiger partial charge in [0.05, 0.1) is 18.4 Å². The van der Waals surface area contributed by atoms with E-state index >= 15 is 0 Å². The lowest BCUT2D eigenvalue weighted by Gasteiger charge is -2.07. The Hall–Kier alpha value is -3.17. The summed E-state index contributed by atoms with van der Waals surface area (Å²) < 4.78 is 8.28. The van der Waals surface area contributed by atoms with Gasteiger partial charge in [-0.3, -0.25) is 0 Å². The zero-order valence-electron chi connectivity index (χ0n) is 13.6. The van der Waals surface area contributed by atoms with E-state index in [2.05, 4.69) is 20.5 Å². The van der Waals surface area contributed by atoms with E-state index in [0.717, 1.165) is 17.7 Å². The van der Waals surface area contributed by atoms with Crippen LogP contribution in [0, 0.1) is 10.1 Å². The van der Waals surface area contributed by atoms with Gasteiger partial charge in [-0.2, -0.15) is 5.10 Å². The second-order valence-corrected chi connectivity index (χ2v) is 5.13. The van der Waals surface area contributed by atoms with Gasteiger partial charge in [-0.1, -0.05) is 16.5 Å². The summed E-state index contributed by atoms with van der Waals surface area (Å²) >= 11 is 0. The fourth-order valence-electron chi connectivity index (χ4n) is 2.58. The summed E-state index contributed by atoms with van der Waals surface area (Å²) in [6.45, 7) is 2.46. The summed E-state index contributed by atoms with van der Waals surface area (Å²) in [6, 6.07) is 3.39. The minimum atomic E-state index is -0.518. The Kier molecular flexibility index (Phi) is 4.02. The van der Waals surface area contributed by atoms with Crippen LogP contribution in [0.5, 0.6) is 5.88 Å². The summed E-state index contributed by atoms with van der Waals surface area (Å²) in [5.74, 6) is 0.993. The second kappa shape index (κ2) is 6.14. The van der Waals surface area contributed by atoms with Crippen molar-refractivity contribution < 1.29 is 9.66 Å². The molecule has 3 aromatic rings. The second-order valence-electron chi connectivity index (χ2n) is 5.13. The largest absolute Gasteiger partial charge is 0.481 e. The summed E-state index contributed by atoms with van der Waals surface area (Å²) in [5, 5.41) is 22.8. The molecule has 1 N–H and O–H groups in total. The van der Waals surface area contributed by atoms with E-state index in [1.165, 1.54) is 10.7 Å². The molecule has 0 aliphatic rings. The number of aryl methyl sites for hydroxylation is 2. The molecular formula is C14H17N7O3. The highest BCUT2D eigenvalue weighted by molar-refractivity contribution is 5.48. The first-order valence-electron chi connectivity index (χ1n) is 7.37. The SMILES string of the molecule is CCc1nn(C)c(OC)c1CNc1ccc2ncc([N+](=O)[O-])n2n1. The van der Waals surface area contributed by atoms with Crippen LogP contribution in [0.4, 0.5) is 11.6 Å². The molecule has 3 aromatic heterocycles. The van der Waals surface area contributed by atoms with Gasteiger partial charge in [0.2, 0.25) is 11.5 Å². The molecule has 24 heavy (non-hydrogen) atoms. The van der Waals surface area contributed by atoms with E-state index in [9.17, 15) is 10.1 Å². The lowest BCUT2D eigenvalue weighted by Crippen LogP contribution is -2.07. The van der Waals surface area contributed by atoms with Crippen molar-refractivity contribution in [2.45, 2.75) is 19.9 Å². The Morgan fingerprint density at radius 3 is 2.83 bits per heavy atom. The van der Waals surface area contributed by atoms with Crippen molar-refractivity contribution in [3.63, 3.8) is 0 Å². The number of fused-ring (bicyclic) bond motifs is 1. The van der Waals surface area contributed by atoms with Crippen LogP contribution in [0.1, 0.15) is 18.2 Å². The smallest absolute Gasteiger partial charge is 0.368 e. The summed E-state index contributed by atoms with van der Waals surface area (Å²) in [6.07, 6.45) is 1.96. The highest BCUT2D eigenvalue weighted by Crippen LogP contribution is 2.23. The number of imidazole rings is 1. The van der Waals surface area contributed by atoms with Crippen molar-refractivity contribution in [3.8, 4) is 5.88 Å². The number of methoxy groups -OCH3 is 1. The van der Waals surface area contributed by atoms with Crippen molar-refractivity contribution in [1.29, 1.82) is 0 Å². The molecule has 0 saturated carbocycles. The first kappa shape index (κ1) is 15.7. The maximum Gasteiger partial charge on any atom is 0.368 e. The molecule has 0 fully saturated rings. The fraction of sp³-hybridized carbons (Fsp3) is 0.357. The minimum absolute atomic E-state index is 0.179. The maximum atomic E-state index is 11.0. The first-order valence-corrected chi connectivity index (χ1v) is 7.37. The van der Waals surface area contributed by atoms with E-state index in [1.54, 1.807) is 23.9 Å². The van der Waals surface area contributed by atoms with Crippen molar-refractivity contribution in [2.75, 3.05) is 12.4 Å². The van der Waals surface area contributed by atoms with E-state index in [-0.39, 0.29) is 5.82 Å². The molecule has 0 saturated heterocycles. The standard InChI is InChI=1S/C14H17N7O3/c1-4-10-9(14(24-3)19(2)17-10)7-15-11-5-6-12-16-8-13(21(22)23)20(12)18-11/h5-6,8H,4,7H2,1-3H3,(H,15,18). The molecule has 10 heteroatoms. The number of ether oxygens (including phenoxy) is 1. The predicted molar refractivity (Wildman–Crippen MR) is 86.1 cm³/mol. The Morgan fingerprint density at radius 2 is 2.17 bits per heavy atom. The quantitative estimate of drug-likeness (QED) is 0.538. The number of hydrogen-bond donors (Lipinski definition) is 1. The zero-order chi connectivity index (χ0) is 17.3. The number of nitro groups is 1. The van der Waals surface area contributed by atoms with Gasteiger partial charge in [0.25, 0.3) is 0 Å². The number of aromatic nitrogens is 5. The predicted octanol–water partition coefficient (Wildman–Crippen LogP) is 1.55. The lowest BCUT2D eigenvalue weighted by molar-refractivity contribution is -0.391. The third-order valence-electron chi connectivity index (χ3n) is 3.68. The molecule has 0 radical (unpaired) electrons. The number of hydrogen-bond acceptors (Lipinski definition) is 7. The monoisotopic (exact) mass is 331 g/mol. The Bertz CT molecular complexity index is 899. The zero-order valence-corrected chi connectivity index (χ0v) is 13.6. The molecule has 0 aromatic carbocycles. The molecular weight excluding hydrogens is 314 g/mol. The van der Waals surface area contributed by atoms with Gasteiger partial charge in [-0.05, 0) is 17.4 Å². The van der Waals surface area contributed by atoms with E-state index in [1.807, 2.05) is 14.0 Å². The average molecular weight is 331 g/mol. The van der Waals surface area contributed by atoms with Crippen LogP contribution in [0.15, 0.2) is 18.3 Å². The van der Waals surface area contributed by atoms with Gasteiger partial charge < -0.3 is 20.2 Å². The van der Waals surface area contributed by atoms with E-state index in [0.29, 0.717) is 23.9 Å². The fourth-order valence-corrected chi connectivity index (χ4v) is 2.58. The molecule has 0 amide bonds. The normalized spacial score (nSPS) is 11.0. The van der Waals surface area contributed by atoms with Crippen LogP contribution >= 0.6 is 0 Å². The lowest BCUT2D eigenvalue weighted by atomic mass is 10.2. The molecule has 0 atom stereocenters. The Balaban J connectivity index is 1.88. The number of nitrogens with one attached hydrogen (secondary N) is 1. The number of rotatable bonds is 6. The van der Waals surface area contributed by atoms with Crippen LogP contribution in [0.25, 0.3) is 5.65 Å². The van der Waals surface area contributed by atoms with Crippen LogP contribution in [-0.2, 0) is 20.0 Å². The van der Waals surface area contributed by atoms with Crippen molar-refractivity contribution in [3.05, 3.63) is 39.7 Å². The van der Waals surface area contributed by atoms with Crippen LogP contribution in [0.2, 0.25) is 0 Å². The number of nitrogens with zero attached hydrogens (tertiary/aromatic N) is 6. The molecule has 0 aliphatic carbocycles.